The monoisotopic (exact) mass is 314 g/mol. The summed E-state index contributed by atoms with van der Waals surface area (Å²) in [5, 5.41) is -0.0621. The molecule has 2 aromatic rings. The number of benzene rings is 1. The molecule has 0 saturated heterocycles. The van der Waals surface area contributed by atoms with Gasteiger partial charge in [-0.05, 0) is 41.4 Å². The van der Waals surface area contributed by atoms with Crippen molar-refractivity contribution in [2.45, 2.75) is 19.2 Å². The molecular weight excluding hydrogens is 304 g/mol. The van der Waals surface area contributed by atoms with E-state index in [-0.39, 0.29) is 5.38 Å². The molecule has 1 unspecified atom stereocenters. The van der Waals surface area contributed by atoms with E-state index in [1.165, 1.54) is 15.3 Å². The summed E-state index contributed by atoms with van der Waals surface area (Å²) in [4.78, 5) is 2.46. The first-order chi connectivity index (χ1) is 7.58. The zero-order chi connectivity index (χ0) is 11.7. The summed E-state index contributed by atoms with van der Waals surface area (Å²) in [7, 11) is 0. The molecule has 0 aliphatic rings. The van der Waals surface area contributed by atoms with Crippen LogP contribution < -0.4 is 0 Å². The van der Waals surface area contributed by atoms with Gasteiger partial charge < -0.3 is 0 Å². The van der Waals surface area contributed by atoms with Gasteiger partial charge in [0.1, 0.15) is 0 Å². The highest BCUT2D eigenvalue weighted by atomic mass is 79.9. The summed E-state index contributed by atoms with van der Waals surface area (Å²) in [6, 6.07) is 10.5. The van der Waals surface area contributed by atoms with Crippen LogP contribution in [0.4, 0.5) is 0 Å². The van der Waals surface area contributed by atoms with Crippen molar-refractivity contribution in [2.75, 3.05) is 0 Å². The molecule has 3 heteroatoms. The third kappa shape index (κ3) is 2.50. The first-order valence-electron chi connectivity index (χ1n) is 5.04. The number of thiophene rings is 1. The molecule has 2 rings (SSSR count). The fourth-order valence-corrected chi connectivity index (χ4v) is 4.06. The summed E-state index contributed by atoms with van der Waals surface area (Å²) in [6.07, 6.45) is 0. The Hall–Kier alpha value is -0.310. The summed E-state index contributed by atoms with van der Waals surface area (Å²) in [5.41, 5.74) is 2.40. The average molecular weight is 316 g/mol. The van der Waals surface area contributed by atoms with Gasteiger partial charge in [-0.2, -0.15) is 0 Å². The molecule has 0 saturated carbocycles. The Morgan fingerprint density at radius 3 is 2.56 bits per heavy atom. The number of halogens is 2. The Morgan fingerprint density at radius 1 is 1.25 bits per heavy atom. The SMILES string of the molecule is Cc1cccc(C(Cl)c2sc(C)cc2Br)c1. The van der Waals surface area contributed by atoms with Gasteiger partial charge in [0.05, 0.1) is 5.38 Å². The van der Waals surface area contributed by atoms with E-state index in [0.29, 0.717) is 0 Å². The van der Waals surface area contributed by atoms with Gasteiger partial charge in [-0.15, -0.1) is 22.9 Å². The quantitative estimate of drug-likeness (QED) is 0.646. The van der Waals surface area contributed by atoms with Crippen molar-refractivity contribution in [3.8, 4) is 0 Å². The normalized spacial score (nSPS) is 12.8. The Kier molecular flexibility index (Phi) is 3.73. The van der Waals surface area contributed by atoms with E-state index in [1.807, 2.05) is 0 Å². The second-order valence-electron chi connectivity index (χ2n) is 3.85. The standard InChI is InChI=1S/C13H12BrClS/c1-8-4-3-5-10(6-8)12(15)13-11(14)7-9(2)16-13/h3-7,12H,1-2H3. The van der Waals surface area contributed by atoms with Crippen LogP contribution in [-0.2, 0) is 0 Å². The van der Waals surface area contributed by atoms with Gasteiger partial charge in [0.25, 0.3) is 0 Å². The average Bonchev–Trinajstić information content (AvgIpc) is 2.57. The smallest absolute Gasteiger partial charge is 0.0939 e. The molecule has 0 aliphatic heterocycles. The molecule has 0 N–H and O–H groups in total. The second-order valence-corrected chi connectivity index (χ2v) is 6.42. The van der Waals surface area contributed by atoms with Crippen LogP contribution in [0, 0.1) is 13.8 Å². The van der Waals surface area contributed by atoms with Crippen molar-refractivity contribution in [3.05, 3.63) is 55.7 Å². The molecule has 16 heavy (non-hydrogen) atoms. The fourth-order valence-electron chi connectivity index (χ4n) is 1.65. The minimum absolute atomic E-state index is 0.0621. The molecule has 0 amide bonds. The molecule has 0 bridgehead atoms. The fraction of sp³-hybridized carbons (Fsp3) is 0.231. The Morgan fingerprint density at radius 2 is 2.00 bits per heavy atom. The second kappa shape index (κ2) is 4.91. The molecule has 1 aromatic carbocycles. The third-order valence-corrected chi connectivity index (χ3v) is 5.03. The predicted octanol–water partition coefficient (Wildman–Crippen LogP) is 5.46. The summed E-state index contributed by atoms with van der Waals surface area (Å²) >= 11 is 11.8. The number of rotatable bonds is 2. The molecule has 0 nitrogen and oxygen atoms in total. The maximum atomic E-state index is 6.50. The van der Waals surface area contributed by atoms with Crippen LogP contribution in [0.25, 0.3) is 0 Å². The Bertz CT molecular complexity index is 504. The Labute approximate surface area is 113 Å². The first-order valence-corrected chi connectivity index (χ1v) is 7.09. The van der Waals surface area contributed by atoms with Crippen LogP contribution in [-0.4, -0.2) is 0 Å². The lowest BCUT2D eigenvalue weighted by atomic mass is 10.1. The lowest BCUT2D eigenvalue weighted by Crippen LogP contribution is -1.91. The number of aryl methyl sites for hydroxylation is 2. The van der Waals surface area contributed by atoms with E-state index in [0.717, 1.165) is 10.0 Å². The van der Waals surface area contributed by atoms with Crippen molar-refractivity contribution < 1.29 is 0 Å². The van der Waals surface area contributed by atoms with Crippen molar-refractivity contribution >= 4 is 38.9 Å². The number of hydrogen-bond acceptors (Lipinski definition) is 1. The highest BCUT2D eigenvalue weighted by molar-refractivity contribution is 9.10. The molecule has 1 heterocycles. The molecule has 0 aliphatic carbocycles. The predicted molar refractivity (Wildman–Crippen MR) is 75.6 cm³/mol. The van der Waals surface area contributed by atoms with Crippen LogP contribution in [0.15, 0.2) is 34.8 Å². The topological polar surface area (TPSA) is 0 Å². The van der Waals surface area contributed by atoms with Crippen LogP contribution in [0.3, 0.4) is 0 Å². The zero-order valence-electron chi connectivity index (χ0n) is 9.13. The van der Waals surface area contributed by atoms with E-state index in [9.17, 15) is 0 Å². The molecule has 0 radical (unpaired) electrons. The van der Waals surface area contributed by atoms with Gasteiger partial charge in [-0.1, -0.05) is 29.8 Å². The van der Waals surface area contributed by atoms with E-state index in [1.54, 1.807) is 11.3 Å². The number of alkyl halides is 1. The zero-order valence-corrected chi connectivity index (χ0v) is 12.3. The Balaban J connectivity index is 2.38. The maximum Gasteiger partial charge on any atom is 0.0939 e. The van der Waals surface area contributed by atoms with Crippen LogP contribution >= 0.6 is 38.9 Å². The van der Waals surface area contributed by atoms with Gasteiger partial charge in [0.2, 0.25) is 0 Å². The van der Waals surface area contributed by atoms with Crippen molar-refractivity contribution in [1.29, 1.82) is 0 Å². The van der Waals surface area contributed by atoms with E-state index >= 15 is 0 Å². The highest BCUT2D eigenvalue weighted by Crippen LogP contribution is 2.39. The van der Waals surface area contributed by atoms with Crippen LogP contribution in [0.5, 0.6) is 0 Å². The van der Waals surface area contributed by atoms with Crippen molar-refractivity contribution in [2.24, 2.45) is 0 Å². The van der Waals surface area contributed by atoms with Gasteiger partial charge in [-0.3, -0.25) is 0 Å². The van der Waals surface area contributed by atoms with E-state index in [2.05, 4.69) is 60.1 Å². The number of hydrogen-bond donors (Lipinski definition) is 0. The van der Waals surface area contributed by atoms with Crippen LogP contribution in [0.2, 0.25) is 0 Å². The van der Waals surface area contributed by atoms with E-state index in [4.69, 9.17) is 11.6 Å². The van der Waals surface area contributed by atoms with Gasteiger partial charge in [-0.25, -0.2) is 0 Å². The minimum Gasteiger partial charge on any atom is -0.143 e. The van der Waals surface area contributed by atoms with Gasteiger partial charge in [0.15, 0.2) is 0 Å². The van der Waals surface area contributed by atoms with Crippen LogP contribution in [0.1, 0.15) is 26.3 Å². The molecule has 1 atom stereocenters. The first kappa shape index (κ1) is 12.2. The molecule has 1 aromatic heterocycles. The van der Waals surface area contributed by atoms with Crippen molar-refractivity contribution in [3.63, 3.8) is 0 Å². The molecular formula is C13H12BrClS. The summed E-state index contributed by atoms with van der Waals surface area (Å²) in [6.45, 7) is 4.18. The summed E-state index contributed by atoms with van der Waals surface area (Å²) < 4.78 is 1.11. The van der Waals surface area contributed by atoms with Gasteiger partial charge >= 0.3 is 0 Å². The highest BCUT2D eigenvalue weighted by Gasteiger charge is 2.16. The molecule has 0 spiro atoms. The maximum absolute atomic E-state index is 6.50. The third-order valence-electron chi connectivity index (χ3n) is 2.40. The van der Waals surface area contributed by atoms with Crippen molar-refractivity contribution in [1.82, 2.24) is 0 Å². The molecule has 84 valence electrons. The minimum atomic E-state index is -0.0621. The lowest BCUT2D eigenvalue weighted by molar-refractivity contribution is 1.16. The van der Waals surface area contributed by atoms with Gasteiger partial charge in [0, 0.05) is 14.2 Å². The summed E-state index contributed by atoms with van der Waals surface area (Å²) in [5.74, 6) is 0. The lowest BCUT2D eigenvalue weighted by Gasteiger charge is -2.09. The molecule has 0 fully saturated rings. The largest absolute Gasteiger partial charge is 0.143 e. The van der Waals surface area contributed by atoms with E-state index < -0.39 is 0 Å².